The molecule has 202 valence electrons. The number of methoxy groups -OCH3 is 1. The summed E-state index contributed by atoms with van der Waals surface area (Å²) in [6.07, 6.45) is 0.260. The highest BCUT2D eigenvalue weighted by atomic mass is 19.1. The number of likely N-dealkylation sites (tertiary alicyclic amines) is 1. The summed E-state index contributed by atoms with van der Waals surface area (Å²) in [6.45, 7) is 12.8. The minimum Gasteiger partial charge on any atom is -0.458 e. The van der Waals surface area contributed by atoms with Crippen molar-refractivity contribution in [2.75, 3.05) is 13.7 Å². The Morgan fingerprint density at radius 2 is 1.69 bits per heavy atom. The first kappa shape index (κ1) is 29.5. The first-order chi connectivity index (χ1) is 16.6. The van der Waals surface area contributed by atoms with Crippen molar-refractivity contribution in [3.8, 4) is 0 Å². The van der Waals surface area contributed by atoms with E-state index in [9.17, 15) is 18.8 Å². The Morgan fingerprint density at radius 3 is 2.25 bits per heavy atom. The van der Waals surface area contributed by atoms with E-state index in [0.29, 0.717) is 13.0 Å². The molecule has 8 nitrogen and oxygen atoms in total. The summed E-state index contributed by atoms with van der Waals surface area (Å²) < 4.78 is 31.1. The van der Waals surface area contributed by atoms with Crippen LogP contribution < -0.4 is 5.32 Å². The molecule has 1 fully saturated rings. The summed E-state index contributed by atoms with van der Waals surface area (Å²) in [5, 5.41) is 2.74. The molecule has 0 spiro atoms. The molecule has 0 bridgehead atoms. The van der Waals surface area contributed by atoms with E-state index in [4.69, 9.17) is 14.2 Å². The fourth-order valence-corrected chi connectivity index (χ4v) is 4.28. The van der Waals surface area contributed by atoms with Crippen molar-refractivity contribution < 1.29 is 33.0 Å². The second kappa shape index (κ2) is 12.0. The van der Waals surface area contributed by atoms with Crippen molar-refractivity contribution in [3.63, 3.8) is 0 Å². The second-order valence-electron chi connectivity index (χ2n) is 11.3. The maximum Gasteiger partial charge on any atom is 0.410 e. The van der Waals surface area contributed by atoms with Crippen LogP contribution >= 0.6 is 0 Å². The summed E-state index contributed by atoms with van der Waals surface area (Å²) in [6, 6.07) is 4.64. The van der Waals surface area contributed by atoms with Gasteiger partial charge in [-0.3, -0.25) is 4.79 Å². The first-order valence-electron chi connectivity index (χ1n) is 12.4. The SMILES string of the molecule is CO[C@@H](C1CCCN1C(=O)OC(C)(C)C)[C@@H](C)C(=O)N[C@@H](Cc1ccccc1F)C(=O)OC(C)(C)C. The molecule has 0 radical (unpaired) electrons. The Bertz CT molecular complexity index is 924. The highest BCUT2D eigenvalue weighted by molar-refractivity contribution is 5.86. The number of amides is 2. The fraction of sp³-hybridized carbons (Fsp3) is 0.667. The minimum absolute atomic E-state index is 0.0643. The van der Waals surface area contributed by atoms with Crippen LogP contribution in [0.2, 0.25) is 0 Å². The average molecular weight is 509 g/mol. The molecule has 1 aromatic carbocycles. The molecule has 1 aromatic rings. The number of carbonyl (C=O) groups excluding carboxylic acids is 3. The largest absolute Gasteiger partial charge is 0.458 e. The summed E-state index contributed by atoms with van der Waals surface area (Å²) in [7, 11) is 1.49. The Labute approximate surface area is 213 Å². The zero-order chi connectivity index (χ0) is 27.3. The Kier molecular flexibility index (Phi) is 9.88. The van der Waals surface area contributed by atoms with Gasteiger partial charge in [0.25, 0.3) is 0 Å². The molecule has 2 amide bonds. The number of nitrogens with zero attached hydrogens (tertiary/aromatic N) is 1. The molecule has 1 aliphatic heterocycles. The van der Waals surface area contributed by atoms with Gasteiger partial charge in [0.1, 0.15) is 23.1 Å². The number of benzene rings is 1. The van der Waals surface area contributed by atoms with Crippen LogP contribution in [0.1, 0.15) is 66.9 Å². The zero-order valence-corrected chi connectivity index (χ0v) is 22.7. The van der Waals surface area contributed by atoms with Crippen LogP contribution in [0.15, 0.2) is 24.3 Å². The van der Waals surface area contributed by atoms with Crippen molar-refractivity contribution >= 4 is 18.0 Å². The maximum atomic E-state index is 14.3. The summed E-state index contributed by atoms with van der Waals surface area (Å²) in [5.41, 5.74) is -1.15. The third-order valence-electron chi connectivity index (χ3n) is 5.87. The van der Waals surface area contributed by atoms with Gasteiger partial charge in [0, 0.05) is 20.1 Å². The summed E-state index contributed by atoms with van der Waals surface area (Å²) >= 11 is 0. The van der Waals surface area contributed by atoms with Gasteiger partial charge in [0.05, 0.1) is 18.1 Å². The number of ether oxygens (including phenoxy) is 3. The first-order valence-corrected chi connectivity index (χ1v) is 12.4. The molecular formula is C27H41FN2O6. The van der Waals surface area contributed by atoms with Crippen molar-refractivity contribution in [3.05, 3.63) is 35.6 Å². The highest BCUT2D eigenvalue weighted by Crippen LogP contribution is 2.28. The van der Waals surface area contributed by atoms with Crippen LogP contribution in [0, 0.1) is 11.7 Å². The van der Waals surface area contributed by atoms with Gasteiger partial charge in [0.15, 0.2) is 0 Å². The minimum atomic E-state index is -1.10. The van der Waals surface area contributed by atoms with Crippen molar-refractivity contribution in [1.82, 2.24) is 10.2 Å². The number of carbonyl (C=O) groups is 3. The van der Waals surface area contributed by atoms with E-state index < -0.39 is 53.1 Å². The molecule has 1 saturated heterocycles. The Hall–Kier alpha value is -2.68. The van der Waals surface area contributed by atoms with Gasteiger partial charge in [-0.05, 0) is 66.0 Å². The molecule has 9 heteroatoms. The second-order valence-corrected chi connectivity index (χ2v) is 11.3. The van der Waals surface area contributed by atoms with E-state index in [1.807, 2.05) is 0 Å². The quantitative estimate of drug-likeness (QED) is 0.528. The van der Waals surface area contributed by atoms with Crippen LogP contribution in [0.4, 0.5) is 9.18 Å². The van der Waals surface area contributed by atoms with E-state index in [0.717, 1.165) is 6.42 Å². The van der Waals surface area contributed by atoms with Gasteiger partial charge in [-0.1, -0.05) is 25.1 Å². The third kappa shape index (κ3) is 8.47. The summed E-state index contributed by atoms with van der Waals surface area (Å²) in [4.78, 5) is 40.7. The topological polar surface area (TPSA) is 94.2 Å². The fourth-order valence-electron chi connectivity index (χ4n) is 4.28. The lowest BCUT2D eigenvalue weighted by molar-refractivity contribution is -0.159. The van der Waals surface area contributed by atoms with Crippen LogP contribution in [0.3, 0.4) is 0 Å². The van der Waals surface area contributed by atoms with E-state index in [1.165, 1.54) is 13.2 Å². The van der Waals surface area contributed by atoms with Gasteiger partial charge >= 0.3 is 12.1 Å². The number of halogens is 1. The monoisotopic (exact) mass is 508 g/mol. The van der Waals surface area contributed by atoms with Gasteiger partial charge < -0.3 is 24.4 Å². The van der Waals surface area contributed by atoms with Crippen LogP contribution in [0.5, 0.6) is 0 Å². The standard InChI is InChI=1S/C27H41FN2O6/c1-17(22(34-8)21-14-11-15-30(21)25(33)36-27(5,6)7)23(31)29-20(24(32)35-26(2,3)4)16-18-12-9-10-13-19(18)28/h9-10,12-13,17,20-22H,11,14-16H2,1-8H3,(H,29,31)/t17-,20+,21?,22-/m1/s1. The number of esters is 1. The van der Waals surface area contributed by atoms with E-state index in [-0.39, 0.29) is 18.0 Å². The summed E-state index contributed by atoms with van der Waals surface area (Å²) in [5.74, 6) is -2.29. The van der Waals surface area contributed by atoms with Crippen LogP contribution in [-0.2, 0) is 30.2 Å². The third-order valence-corrected chi connectivity index (χ3v) is 5.87. The Balaban J connectivity index is 2.21. The van der Waals surface area contributed by atoms with Gasteiger partial charge in [-0.15, -0.1) is 0 Å². The molecule has 0 saturated carbocycles. The lowest BCUT2D eigenvalue weighted by Gasteiger charge is -2.35. The van der Waals surface area contributed by atoms with Gasteiger partial charge in [0.2, 0.25) is 5.91 Å². The average Bonchev–Trinajstić information content (AvgIpc) is 3.22. The molecule has 2 rings (SSSR count). The van der Waals surface area contributed by atoms with Gasteiger partial charge in [-0.2, -0.15) is 0 Å². The normalized spacial score (nSPS) is 18.8. The molecule has 36 heavy (non-hydrogen) atoms. The predicted molar refractivity (Wildman–Crippen MR) is 134 cm³/mol. The molecule has 4 atom stereocenters. The molecule has 1 unspecified atom stereocenters. The maximum absolute atomic E-state index is 14.3. The van der Waals surface area contributed by atoms with E-state index in [1.54, 1.807) is 71.6 Å². The van der Waals surface area contributed by atoms with Crippen molar-refractivity contribution in [2.24, 2.45) is 5.92 Å². The number of hydrogen-bond donors (Lipinski definition) is 1. The highest BCUT2D eigenvalue weighted by Gasteiger charge is 2.42. The molecule has 1 heterocycles. The van der Waals surface area contributed by atoms with Gasteiger partial charge in [-0.25, -0.2) is 14.0 Å². The number of nitrogens with one attached hydrogen (secondary N) is 1. The van der Waals surface area contributed by atoms with Crippen LogP contribution in [0.25, 0.3) is 0 Å². The molecule has 0 aliphatic carbocycles. The number of hydrogen-bond acceptors (Lipinski definition) is 6. The Morgan fingerprint density at radius 1 is 1.08 bits per heavy atom. The number of rotatable bonds is 8. The zero-order valence-electron chi connectivity index (χ0n) is 22.7. The molecule has 1 aliphatic rings. The van der Waals surface area contributed by atoms with Crippen molar-refractivity contribution in [1.29, 1.82) is 0 Å². The molecule has 1 N–H and O–H groups in total. The van der Waals surface area contributed by atoms with Crippen LogP contribution in [-0.4, -0.2) is 65.9 Å². The molecule has 0 aromatic heterocycles. The van der Waals surface area contributed by atoms with E-state index >= 15 is 0 Å². The molecular weight excluding hydrogens is 467 g/mol. The van der Waals surface area contributed by atoms with Crippen molar-refractivity contribution in [2.45, 2.75) is 97.1 Å². The van der Waals surface area contributed by atoms with E-state index in [2.05, 4.69) is 5.32 Å². The predicted octanol–water partition coefficient (Wildman–Crippen LogP) is 4.25. The lowest BCUT2D eigenvalue weighted by Crippen LogP contribution is -2.53. The lowest BCUT2D eigenvalue weighted by atomic mass is 9.94. The smallest absolute Gasteiger partial charge is 0.410 e.